The molecule has 8 nitrogen and oxygen atoms in total. The van der Waals surface area contributed by atoms with E-state index in [2.05, 4.69) is 10.6 Å². The molecule has 0 atom stereocenters. The van der Waals surface area contributed by atoms with Gasteiger partial charge in [-0.15, -0.1) is 0 Å². The van der Waals surface area contributed by atoms with Crippen LogP contribution in [0.3, 0.4) is 0 Å². The second-order valence-electron chi connectivity index (χ2n) is 8.61. The normalized spacial score (nSPS) is 10.5. The Bertz CT molecular complexity index is 1430. The van der Waals surface area contributed by atoms with Gasteiger partial charge >= 0.3 is 11.9 Å². The third kappa shape index (κ3) is 7.98. The van der Waals surface area contributed by atoms with Crippen molar-refractivity contribution in [2.24, 2.45) is 0 Å². The first-order chi connectivity index (χ1) is 19.3. The zero-order valence-corrected chi connectivity index (χ0v) is 22.6. The van der Waals surface area contributed by atoms with Crippen molar-refractivity contribution < 1.29 is 29.4 Å². The molecule has 0 bridgehead atoms. The van der Waals surface area contributed by atoms with E-state index in [9.17, 15) is 29.4 Å². The van der Waals surface area contributed by atoms with Gasteiger partial charge in [0.1, 0.15) is 0 Å². The highest BCUT2D eigenvalue weighted by molar-refractivity contribution is 8.76. The van der Waals surface area contributed by atoms with Crippen LogP contribution in [0, 0.1) is 0 Å². The molecule has 0 aliphatic rings. The van der Waals surface area contributed by atoms with Crippen LogP contribution in [-0.2, 0) is 22.4 Å². The largest absolute Gasteiger partial charge is 0.481 e. The smallest absolute Gasteiger partial charge is 0.307 e. The van der Waals surface area contributed by atoms with Gasteiger partial charge in [0.15, 0.2) is 0 Å². The number of hydrogen-bond donors (Lipinski definition) is 4. The number of amides is 2. The SMILES string of the molecule is O=C(O)Cc1ccc(SSc2ccc(CC(=O)O)cc2NC(=O)c2ccccc2)c(NC(=O)c2ccccc2)c1. The lowest BCUT2D eigenvalue weighted by atomic mass is 10.1. The Labute approximate surface area is 238 Å². The minimum absolute atomic E-state index is 0.201. The summed E-state index contributed by atoms with van der Waals surface area (Å²) in [5, 5.41) is 24.2. The predicted molar refractivity (Wildman–Crippen MR) is 156 cm³/mol. The summed E-state index contributed by atoms with van der Waals surface area (Å²) in [6, 6.07) is 27.4. The second-order valence-corrected chi connectivity index (χ2v) is 10.8. The first-order valence-electron chi connectivity index (χ1n) is 12.1. The molecular formula is C30H24N2O6S2. The molecule has 0 aromatic heterocycles. The molecule has 0 saturated carbocycles. The number of carboxylic acids is 2. The van der Waals surface area contributed by atoms with Crippen molar-refractivity contribution in [2.45, 2.75) is 22.6 Å². The number of hydrogen-bond acceptors (Lipinski definition) is 6. The Morgan fingerprint density at radius 1 is 0.550 bits per heavy atom. The second kappa shape index (κ2) is 13.5. The molecule has 4 aromatic carbocycles. The molecule has 0 heterocycles. The third-order valence-corrected chi connectivity index (χ3v) is 8.07. The molecule has 4 N–H and O–H groups in total. The van der Waals surface area contributed by atoms with E-state index in [1.165, 1.54) is 21.6 Å². The van der Waals surface area contributed by atoms with Crippen LogP contribution >= 0.6 is 21.6 Å². The Morgan fingerprint density at radius 2 is 0.925 bits per heavy atom. The Hall–Kier alpha value is -4.54. The fourth-order valence-corrected chi connectivity index (χ4v) is 5.96. The van der Waals surface area contributed by atoms with E-state index >= 15 is 0 Å². The highest BCUT2D eigenvalue weighted by Crippen LogP contribution is 2.44. The summed E-state index contributed by atoms with van der Waals surface area (Å²) in [6.07, 6.45) is -0.403. The lowest BCUT2D eigenvalue weighted by molar-refractivity contribution is -0.137. The topological polar surface area (TPSA) is 133 Å². The molecule has 0 spiro atoms. The van der Waals surface area contributed by atoms with Crippen LogP contribution in [0.1, 0.15) is 31.8 Å². The molecule has 0 radical (unpaired) electrons. The van der Waals surface area contributed by atoms with Crippen LogP contribution in [0.15, 0.2) is 107 Å². The van der Waals surface area contributed by atoms with Crippen molar-refractivity contribution in [1.29, 1.82) is 0 Å². The van der Waals surface area contributed by atoms with Crippen molar-refractivity contribution in [2.75, 3.05) is 10.6 Å². The molecular weight excluding hydrogens is 548 g/mol. The van der Waals surface area contributed by atoms with Crippen LogP contribution in [0.5, 0.6) is 0 Å². The molecule has 0 unspecified atom stereocenters. The average molecular weight is 573 g/mol. The number of anilines is 2. The van der Waals surface area contributed by atoms with Crippen molar-refractivity contribution in [3.63, 3.8) is 0 Å². The maximum Gasteiger partial charge on any atom is 0.307 e. The number of carbonyl (C=O) groups is 4. The lowest BCUT2D eigenvalue weighted by Crippen LogP contribution is -2.13. The molecule has 10 heteroatoms. The van der Waals surface area contributed by atoms with Crippen LogP contribution in [-0.4, -0.2) is 34.0 Å². The monoisotopic (exact) mass is 572 g/mol. The van der Waals surface area contributed by atoms with Gasteiger partial charge in [-0.2, -0.15) is 0 Å². The standard InChI is InChI=1S/C30H24N2O6S2/c33-27(34)17-19-11-13-25(23(15-19)31-29(37)21-7-3-1-4-8-21)39-40-26-14-12-20(18-28(35)36)16-24(26)32-30(38)22-9-5-2-6-10-22/h1-16H,17-18H2,(H,31,37)(H,32,38)(H,33,34)(H,35,36). The number of carbonyl (C=O) groups excluding carboxylic acids is 2. The van der Waals surface area contributed by atoms with E-state index in [1.54, 1.807) is 97.1 Å². The van der Waals surface area contributed by atoms with E-state index in [0.717, 1.165) is 0 Å². The Balaban J connectivity index is 1.60. The Morgan fingerprint density at radius 3 is 1.27 bits per heavy atom. The van der Waals surface area contributed by atoms with E-state index in [1.807, 2.05) is 0 Å². The van der Waals surface area contributed by atoms with Crippen LogP contribution in [0.25, 0.3) is 0 Å². The molecule has 4 rings (SSSR count). The molecule has 202 valence electrons. The molecule has 0 aliphatic carbocycles. The minimum atomic E-state index is -0.990. The number of benzene rings is 4. The highest BCUT2D eigenvalue weighted by atomic mass is 33.1. The lowest BCUT2D eigenvalue weighted by Gasteiger charge is -2.15. The first-order valence-corrected chi connectivity index (χ1v) is 14.2. The summed E-state index contributed by atoms with van der Waals surface area (Å²) in [6.45, 7) is 0. The summed E-state index contributed by atoms with van der Waals surface area (Å²) in [5.74, 6) is -2.66. The van der Waals surface area contributed by atoms with E-state index in [0.29, 0.717) is 43.4 Å². The van der Waals surface area contributed by atoms with E-state index in [4.69, 9.17) is 0 Å². The highest BCUT2D eigenvalue weighted by Gasteiger charge is 2.16. The van der Waals surface area contributed by atoms with Gasteiger partial charge in [-0.3, -0.25) is 19.2 Å². The summed E-state index contributed by atoms with van der Waals surface area (Å²) < 4.78 is 0. The zero-order valence-electron chi connectivity index (χ0n) is 21.0. The Kier molecular flexibility index (Phi) is 9.61. The first kappa shape index (κ1) is 28.5. The van der Waals surface area contributed by atoms with E-state index < -0.39 is 11.9 Å². The summed E-state index contributed by atoms with van der Waals surface area (Å²) in [5.41, 5.74) is 2.85. The van der Waals surface area contributed by atoms with E-state index in [-0.39, 0.29) is 24.7 Å². The molecule has 2 amide bonds. The molecule has 0 saturated heterocycles. The van der Waals surface area contributed by atoms with Gasteiger partial charge in [0.05, 0.1) is 24.2 Å². The van der Waals surface area contributed by atoms with Crippen LogP contribution in [0.4, 0.5) is 11.4 Å². The van der Waals surface area contributed by atoms with Crippen molar-refractivity contribution >= 4 is 56.7 Å². The number of carboxylic acid groups (broad SMARTS) is 2. The van der Waals surface area contributed by atoms with Gasteiger partial charge < -0.3 is 20.8 Å². The fraction of sp³-hybridized carbons (Fsp3) is 0.0667. The predicted octanol–water partition coefficient (Wildman–Crippen LogP) is 6.24. The van der Waals surface area contributed by atoms with Crippen molar-refractivity contribution in [1.82, 2.24) is 0 Å². The molecule has 0 fully saturated rings. The number of rotatable bonds is 11. The average Bonchev–Trinajstić information content (AvgIpc) is 2.93. The fourth-order valence-electron chi connectivity index (χ4n) is 3.72. The molecule has 0 aliphatic heterocycles. The van der Waals surface area contributed by atoms with Gasteiger partial charge in [-0.1, -0.05) is 70.1 Å². The quantitative estimate of drug-likeness (QED) is 0.155. The van der Waals surface area contributed by atoms with Crippen LogP contribution < -0.4 is 10.6 Å². The number of aliphatic carboxylic acids is 2. The molecule has 40 heavy (non-hydrogen) atoms. The third-order valence-electron chi connectivity index (χ3n) is 5.59. The van der Waals surface area contributed by atoms with Crippen LogP contribution in [0.2, 0.25) is 0 Å². The minimum Gasteiger partial charge on any atom is -0.481 e. The maximum absolute atomic E-state index is 12.9. The summed E-state index contributed by atoms with van der Waals surface area (Å²) in [7, 11) is 2.62. The van der Waals surface area contributed by atoms with Gasteiger partial charge in [0, 0.05) is 20.9 Å². The maximum atomic E-state index is 12.9. The summed E-state index contributed by atoms with van der Waals surface area (Å²) in [4.78, 5) is 49.6. The van der Waals surface area contributed by atoms with Crippen molar-refractivity contribution in [3.8, 4) is 0 Å². The van der Waals surface area contributed by atoms with Gasteiger partial charge in [-0.05, 0) is 59.7 Å². The number of nitrogens with one attached hydrogen (secondary N) is 2. The van der Waals surface area contributed by atoms with Crippen molar-refractivity contribution in [3.05, 3.63) is 119 Å². The van der Waals surface area contributed by atoms with Gasteiger partial charge in [0.25, 0.3) is 11.8 Å². The zero-order chi connectivity index (χ0) is 28.5. The molecule has 4 aromatic rings. The summed E-state index contributed by atoms with van der Waals surface area (Å²) >= 11 is 0. The van der Waals surface area contributed by atoms with Gasteiger partial charge in [-0.25, -0.2) is 0 Å². The van der Waals surface area contributed by atoms with Gasteiger partial charge in [0.2, 0.25) is 0 Å².